The quantitative estimate of drug-likeness (QED) is 0.671. The molecule has 1 aromatic heterocycles. The van der Waals surface area contributed by atoms with E-state index in [1.807, 2.05) is 0 Å². The lowest BCUT2D eigenvalue weighted by atomic mass is 10.4. The lowest BCUT2D eigenvalue weighted by molar-refractivity contribution is 0.606. The second-order valence-electron chi connectivity index (χ2n) is 2.29. The predicted octanol–water partition coefficient (Wildman–Crippen LogP) is -0.254. The van der Waals surface area contributed by atoms with Crippen LogP contribution in [0.25, 0.3) is 0 Å². The molecule has 0 aliphatic rings. The number of hydrogen-bond acceptors (Lipinski definition) is 3. The molecule has 0 unspecified atom stereocenters. The Morgan fingerprint density at radius 1 is 1.50 bits per heavy atom. The van der Waals surface area contributed by atoms with Gasteiger partial charge < -0.3 is 4.98 Å². The predicted molar refractivity (Wildman–Crippen MR) is 45.5 cm³/mol. The van der Waals surface area contributed by atoms with Gasteiger partial charge in [-0.05, 0) is 12.1 Å². The van der Waals surface area contributed by atoms with Crippen molar-refractivity contribution in [3.05, 3.63) is 28.7 Å². The molecule has 0 spiro atoms. The Bertz CT molecular complexity index is 420. The fourth-order valence-electron chi connectivity index (χ4n) is 0.702. The van der Waals surface area contributed by atoms with Gasteiger partial charge in [0.05, 0.1) is 6.26 Å². The van der Waals surface area contributed by atoms with E-state index in [9.17, 15) is 13.2 Å². The number of H-pyrrole nitrogens is 1. The maximum atomic E-state index is 10.9. The van der Waals surface area contributed by atoms with Gasteiger partial charge in [-0.25, -0.2) is 8.42 Å². The molecule has 1 aromatic rings. The van der Waals surface area contributed by atoms with Crippen LogP contribution in [0, 0.1) is 0 Å². The van der Waals surface area contributed by atoms with E-state index >= 15 is 0 Å². The topological polar surface area (TPSA) is 79.0 Å². The molecule has 0 aromatic carbocycles. The van der Waals surface area contributed by atoms with Crippen molar-refractivity contribution in [1.29, 1.82) is 0 Å². The summed E-state index contributed by atoms with van der Waals surface area (Å²) >= 11 is 0. The molecule has 0 atom stereocenters. The molecule has 6 heteroatoms. The summed E-state index contributed by atoms with van der Waals surface area (Å²) in [6, 6.07) is 2.93. The second-order valence-corrected chi connectivity index (χ2v) is 4.04. The normalized spacial score (nSPS) is 11.1. The molecule has 1 heterocycles. The lowest BCUT2D eigenvalue weighted by Crippen LogP contribution is -2.17. The zero-order valence-electron chi connectivity index (χ0n) is 6.37. The highest BCUT2D eigenvalue weighted by molar-refractivity contribution is 7.92. The average Bonchev–Trinajstić information content (AvgIpc) is 1.91. The monoisotopic (exact) mass is 188 g/mol. The van der Waals surface area contributed by atoms with Crippen LogP contribution in [-0.4, -0.2) is 19.7 Å². The van der Waals surface area contributed by atoms with E-state index in [1.54, 1.807) is 0 Å². The van der Waals surface area contributed by atoms with Crippen molar-refractivity contribution >= 4 is 15.7 Å². The van der Waals surface area contributed by atoms with Gasteiger partial charge in [-0.2, -0.15) is 0 Å². The Balaban J connectivity index is 3.07. The number of anilines is 1. The Kier molecular flexibility index (Phi) is 2.18. The number of rotatable bonds is 2. The SMILES string of the molecule is CS(=O)(=O)Nc1ccc[nH]c1=O. The van der Waals surface area contributed by atoms with E-state index in [4.69, 9.17) is 0 Å². The molecule has 1 rings (SSSR count). The molecule has 0 fully saturated rings. The van der Waals surface area contributed by atoms with E-state index < -0.39 is 15.6 Å². The summed E-state index contributed by atoms with van der Waals surface area (Å²) in [6.07, 6.45) is 2.41. The van der Waals surface area contributed by atoms with Crippen LogP contribution in [0.3, 0.4) is 0 Å². The number of pyridine rings is 1. The molecule has 0 amide bonds. The van der Waals surface area contributed by atoms with Crippen LogP contribution in [0.15, 0.2) is 23.1 Å². The molecule has 2 N–H and O–H groups in total. The van der Waals surface area contributed by atoms with Crippen molar-refractivity contribution in [2.75, 3.05) is 11.0 Å². The summed E-state index contributed by atoms with van der Waals surface area (Å²) in [4.78, 5) is 13.3. The minimum Gasteiger partial charge on any atom is -0.327 e. The van der Waals surface area contributed by atoms with Crippen LogP contribution in [0.2, 0.25) is 0 Å². The first-order chi connectivity index (χ1) is 5.49. The molecule has 5 nitrogen and oxygen atoms in total. The standard InChI is InChI=1S/C6H8N2O3S/c1-12(10,11)8-5-3-2-4-7-6(5)9/h2-4,8H,1H3,(H,7,9). The van der Waals surface area contributed by atoms with Gasteiger partial charge in [-0.15, -0.1) is 0 Å². The van der Waals surface area contributed by atoms with Crippen LogP contribution < -0.4 is 10.3 Å². The largest absolute Gasteiger partial charge is 0.327 e. The molecule has 0 saturated carbocycles. The van der Waals surface area contributed by atoms with Gasteiger partial charge in [0, 0.05) is 6.20 Å². The van der Waals surface area contributed by atoms with E-state index in [2.05, 4.69) is 9.71 Å². The molecule has 0 aliphatic heterocycles. The molecular formula is C6H8N2O3S. The molecule has 12 heavy (non-hydrogen) atoms. The van der Waals surface area contributed by atoms with Crippen LogP contribution in [0.1, 0.15) is 0 Å². The zero-order valence-corrected chi connectivity index (χ0v) is 7.18. The van der Waals surface area contributed by atoms with Crippen LogP contribution in [-0.2, 0) is 10.0 Å². The van der Waals surface area contributed by atoms with Gasteiger partial charge >= 0.3 is 0 Å². The maximum absolute atomic E-state index is 10.9. The van der Waals surface area contributed by atoms with Crippen molar-refractivity contribution in [2.24, 2.45) is 0 Å². The van der Waals surface area contributed by atoms with Crippen molar-refractivity contribution < 1.29 is 8.42 Å². The average molecular weight is 188 g/mol. The summed E-state index contributed by atoms with van der Waals surface area (Å²) < 4.78 is 23.5. The third kappa shape index (κ3) is 2.39. The smallest absolute Gasteiger partial charge is 0.272 e. The fraction of sp³-hybridized carbons (Fsp3) is 0.167. The molecule has 0 aliphatic carbocycles. The van der Waals surface area contributed by atoms with E-state index in [-0.39, 0.29) is 5.69 Å². The van der Waals surface area contributed by atoms with Gasteiger partial charge in [-0.3, -0.25) is 9.52 Å². The Morgan fingerprint density at radius 2 is 2.17 bits per heavy atom. The first-order valence-corrected chi connectivity index (χ1v) is 5.04. The first kappa shape index (κ1) is 8.79. The summed E-state index contributed by atoms with van der Waals surface area (Å²) in [5.41, 5.74) is -0.428. The molecule has 0 bridgehead atoms. The van der Waals surface area contributed by atoms with Crippen LogP contribution in [0.4, 0.5) is 5.69 Å². The van der Waals surface area contributed by atoms with E-state index in [0.29, 0.717) is 0 Å². The Morgan fingerprint density at radius 3 is 2.67 bits per heavy atom. The minimum absolute atomic E-state index is 0.0278. The summed E-state index contributed by atoms with van der Waals surface area (Å²) in [5.74, 6) is 0. The molecule has 0 saturated heterocycles. The highest BCUT2D eigenvalue weighted by atomic mass is 32.2. The molecule has 0 radical (unpaired) electrons. The van der Waals surface area contributed by atoms with Crippen molar-refractivity contribution in [1.82, 2.24) is 4.98 Å². The second kappa shape index (κ2) is 2.98. The summed E-state index contributed by atoms with van der Waals surface area (Å²) in [5, 5.41) is 0. The van der Waals surface area contributed by atoms with Gasteiger partial charge in [-0.1, -0.05) is 0 Å². The zero-order chi connectivity index (χ0) is 9.19. The fourth-order valence-corrected chi connectivity index (χ4v) is 1.26. The maximum Gasteiger partial charge on any atom is 0.272 e. The van der Waals surface area contributed by atoms with Gasteiger partial charge in [0.25, 0.3) is 5.56 Å². The van der Waals surface area contributed by atoms with Crippen LogP contribution in [0.5, 0.6) is 0 Å². The van der Waals surface area contributed by atoms with E-state index in [0.717, 1.165) is 6.26 Å². The minimum atomic E-state index is -3.37. The number of aromatic nitrogens is 1. The van der Waals surface area contributed by atoms with Crippen molar-refractivity contribution in [2.45, 2.75) is 0 Å². The Hall–Kier alpha value is -1.30. The molecule has 66 valence electrons. The lowest BCUT2D eigenvalue weighted by Gasteiger charge is -2.00. The summed E-state index contributed by atoms with van der Waals surface area (Å²) in [7, 11) is -3.37. The number of nitrogens with one attached hydrogen (secondary N) is 2. The van der Waals surface area contributed by atoms with Crippen molar-refractivity contribution in [3.8, 4) is 0 Å². The Labute approximate surface area is 69.5 Å². The highest BCUT2D eigenvalue weighted by Crippen LogP contribution is 1.97. The van der Waals surface area contributed by atoms with Crippen LogP contribution >= 0.6 is 0 Å². The van der Waals surface area contributed by atoms with Gasteiger partial charge in [0.15, 0.2) is 0 Å². The molecular weight excluding hydrogens is 180 g/mol. The highest BCUT2D eigenvalue weighted by Gasteiger charge is 2.03. The first-order valence-electron chi connectivity index (χ1n) is 3.14. The number of aromatic amines is 1. The number of sulfonamides is 1. The third-order valence-corrected chi connectivity index (χ3v) is 1.70. The summed E-state index contributed by atoms with van der Waals surface area (Å²) in [6.45, 7) is 0. The number of hydrogen-bond donors (Lipinski definition) is 2. The van der Waals surface area contributed by atoms with Gasteiger partial charge in [0.2, 0.25) is 10.0 Å². The third-order valence-electron chi connectivity index (χ3n) is 1.11. The van der Waals surface area contributed by atoms with E-state index in [1.165, 1.54) is 18.3 Å². The van der Waals surface area contributed by atoms with Crippen molar-refractivity contribution in [3.63, 3.8) is 0 Å². The van der Waals surface area contributed by atoms with Gasteiger partial charge in [0.1, 0.15) is 5.69 Å².